The fraction of sp³-hybridized carbons (Fsp3) is 0.611. The molecule has 23 heavy (non-hydrogen) atoms. The van der Waals surface area contributed by atoms with Gasteiger partial charge in [0.1, 0.15) is 6.10 Å². The first-order valence-electron chi connectivity index (χ1n) is 7.90. The summed E-state index contributed by atoms with van der Waals surface area (Å²) < 4.78 is 10.3. The summed E-state index contributed by atoms with van der Waals surface area (Å²) in [6.45, 7) is 9.16. The normalized spacial score (nSPS) is 40.2. The zero-order valence-corrected chi connectivity index (χ0v) is 14.0. The van der Waals surface area contributed by atoms with Crippen molar-refractivity contribution in [1.82, 2.24) is 0 Å². The molecule has 0 aromatic carbocycles. The second-order valence-corrected chi connectivity index (χ2v) is 7.17. The lowest BCUT2D eigenvalue weighted by Gasteiger charge is -2.44. The zero-order chi connectivity index (χ0) is 17.1. The van der Waals surface area contributed by atoms with Crippen LogP contribution in [0.5, 0.6) is 0 Å². The number of carbonyl (C=O) groups excluding carboxylic acids is 3. The van der Waals surface area contributed by atoms with Crippen molar-refractivity contribution >= 4 is 17.7 Å². The van der Waals surface area contributed by atoms with E-state index < -0.39 is 18.0 Å². The molecule has 0 bridgehead atoms. The number of Topliss-reactive ketones (excluding diaryl/α,β-unsaturated/α-hetero) is 1. The number of hydrogen-bond donors (Lipinski definition) is 0. The summed E-state index contributed by atoms with van der Waals surface area (Å²) in [6, 6.07) is 0. The minimum Gasteiger partial charge on any atom is -0.466 e. The Labute approximate surface area is 135 Å². The van der Waals surface area contributed by atoms with Crippen molar-refractivity contribution in [2.45, 2.75) is 39.7 Å². The van der Waals surface area contributed by atoms with Gasteiger partial charge in [-0.05, 0) is 30.6 Å². The predicted octanol–water partition coefficient (Wildman–Crippen LogP) is 2.21. The van der Waals surface area contributed by atoms with Crippen LogP contribution in [0, 0.1) is 23.2 Å². The fourth-order valence-corrected chi connectivity index (χ4v) is 4.76. The van der Waals surface area contributed by atoms with Gasteiger partial charge in [-0.25, -0.2) is 4.79 Å². The second kappa shape index (κ2) is 5.05. The van der Waals surface area contributed by atoms with Gasteiger partial charge in [0, 0.05) is 30.4 Å². The van der Waals surface area contributed by atoms with E-state index in [4.69, 9.17) is 9.47 Å². The number of rotatable bonds is 2. The Bertz CT molecular complexity index is 658. The quantitative estimate of drug-likeness (QED) is 0.443. The lowest BCUT2D eigenvalue weighted by atomic mass is 9.62. The summed E-state index contributed by atoms with van der Waals surface area (Å²) in [5.41, 5.74) is 1.31. The van der Waals surface area contributed by atoms with Crippen molar-refractivity contribution in [2.24, 2.45) is 23.2 Å². The molecule has 3 aliphatic carbocycles. The minimum atomic E-state index is -0.738. The first-order chi connectivity index (χ1) is 10.7. The summed E-state index contributed by atoms with van der Waals surface area (Å²) in [6.07, 6.45) is 0.679. The number of methoxy groups -OCH3 is 1. The fourth-order valence-electron chi connectivity index (χ4n) is 4.76. The maximum Gasteiger partial charge on any atom is 0.333 e. The Morgan fingerprint density at radius 2 is 1.96 bits per heavy atom. The van der Waals surface area contributed by atoms with Crippen LogP contribution in [0.15, 0.2) is 23.3 Å². The van der Waals surface area contributed by atoms with E-state index in [1.807, 2.05) is 0 Å². The summed E-state index contributed by atoms with van der Waals surface area (Å²) >= 11 is 0. The van der Waals surface area contributed by atoms with E-state index in [-0.39, 0.29) is 28.3 Å². The summed E-state index contributed by atoms with van der Waals surface area (Å²) in [7, 11) is 1.27. The molecule has 0 radical (unpaired) electrons. The van der Waals surface area contributed by atoms with Crippen LogP contribution in [-0.2, 0) is 23.9 Å². The second-order valence-electron chi connectivity index (χ2n) is 7.17. The standard InChI is InChI=1S/C18H22O5/c1-8-11-6-12(11)18(4)7-13(20)14(9(2)17(21)22-5)16(15(8)18)23-10(3)19/h11-12,15-16H,1,6-7H2,2-5H3/b14-9+/t11-,12-,15+,16-,18-/m0/s1. The third-order valence-electron chi connectivity index (χ3n) is 5.84. The lowest BCUT2D eigenvalue weighted by Crippen LogP contribution is -2.47. The molecule has 0 spiro atoms. The molecule has 0 aromatic rings. The lowest BCUT2D eigenvalue weighted by molar-refractivity contribution is -0.152. The zero-order valence-electron chi connectivity index (χ0n) is 14.0. The first-order valence-corrected chi connectivity index (χ1v) is 7.90. The van der Waals surface area contributed by atoms with Gasteiger partial charge in [0.15, 0.2) is 5.78 Å². The van der Waals surface area contributed by atoms with Crippen LogP contribution in [0.1, 0.15) is 33.6 Å². The Morgan fingerprint density at radius 3 is 2.52 bits per heavy atom. The summed E-state index contributed by atoms with van der Waals surface area (Å²) in [5, 5.41) is 0. The van der Waals surface area contributed by atoms with Crippen LogP contribution >= 0.6 is 0 Å². The molecule has 5 heteroatoms. The van der Waals surface area contributed by atoms with Crippen molar-refractivity contribution in [1.29, 1.82) is 0 Å². The summed E-state index contributed by atoms with van der Waals surface area (Å²) in [5.74, 6) is -0.421. The largest absolute Gasteiger partial charge is 0.466 e. The molecule has 0 amide bonds. The van der Waals surface area contributed by atoms with Crippen LogP contribution in [0.3, 0.4) is 0 Å². The third kappa shape index (κ3) is 2.17. The predicted molar refractivity (Wildman–Crippen MR) is 82.2 cm³/mol. The van der Waals surface area contributed by atoms with E-state index in [0.717, 1.165) is 12.0 Å². The van der Waals surface area contributed by atoms with Gasteiger partial charge in [-0.15, -0.1) is 0 Å². The molecule has 0 saturated heterocycles. The molecular weight excluding hydrogens is 296 g/mol. The van der Waals surface area contributed by atoms with E-state index in [1.54, 1.807) is 6.92 Å². The third-order valence-corrected chi connectivity index (χ3v) is 5.84. The molecular formula is C18H22O5. The molecule has 3 saturated carbocycles. The van der Waals surface area contributed by atoms with Crippen molar-refractivity contribution < 1.29 is 23.9 Å². The summed E-state index contributed by atoms with van der Waals surface area (Å²) in [4.78, 5) is 36.3. The molecule has 5 atom stereocenters. The van der Waals surface area contributed by atoms with Crippen LogP contribution < -0.4 is 0 Å². The number of ketones is 1. The van der Waals surface area contributed by atoms with Crippen molar-refractivity contribution in [3.05, 3.63) is 23.3 Å². The average molecular weight is 318 g/mol. The monoisotopic (exact) mass is 318 g/mol. The molecule has 0 heterocycles. The highest BCUT2D eigenvalue weighted by molar-refractivity contribution is 6.05. The molecule has 124 valence electrons. The van der Waals surface area contributed by atoms with Crippen LogP contribution in [0.2, 0.25) is 0 Å². The van der Waals surface area contributed by atoms with Gasteiger partial charge < -0.3 is 9.47 Å². The molecule has 0 unspecified atom stereocenters. The van der Waals surface area contributed by atoms with Crippen LogP contribution in [0.25, 0.3) is 0 Å². The molecule has 3 fully saturated rings. The molecule has 3 aliphatic rings. The number of ether oxygens (including phenoxy) is 2. The Hall–Kier alpha value is -1.91. The number of fused-ring (bicyclic) bond motifs is 3. The molecule has 3 rings (SSSR count). The highest BCUT2D eigenvalue weighted by atomic mass is 16.5. The van der Waals surface area contributed by atoms with Gasteiger partial charge in [0.2, 0.25) is 0 Å². The van der Waals surface area contributed by atoms with Gasteiger partial charge in [-0.1, -0.05) is 19.1 Å². The SMILES string of the molecule is C=C1[C@@H]2[C@@H](OC(C)=O)/C(=C(\C)C(=O)OC)C(=O)C[C@@]2(C)[C@H]2C[C@@H]12. The highest BCUT2D eigenvalue weighted by Gasteiger charge is 2.68. The van der Waals surface area contributed by atoms with Crippen LogP contribution in [-0.4, -0.2) is 30.9 Å². The van der Waals surface area contributed by atoms with Gasteiger partial charge >= 0.3 is 11.9 Å². The molecule has 0 aromatic heterocycles. The average Bonchev–Trinajstić information content (AvgIpc) is 3.22. The molecule has 0 N–H and O–H groups in total. The topological polar surface area (TPSA) is 69.7 Å². The smallest absolute Gasteiger partial charge is 0.333 e. The highest BCUT2D eigenvalue weighted by Crippen LogP contribution is 2.71. The number of carbonyl (C=O) groups is 3. The van der Waals surface area contributed by atoms with E-state index >= 15 is 0 Å². The Balaban J connectivity index is 2.11. The molecule has 0 aliphatic heterocycles. The first kappa shape index (κ1) is 16.0. The van der Waals surface area contributed by atoms with E-state index in [9.17, 15) is 14.4 Å². The Morgan fingerprint density at radius 1 is 1.30 bits per heavy atom. The van der Waals surface area contributed by atoms with Crippen molar-refractivity contribution in [3.8, 4) is 0 Å². The van der Waals surface area contributed by atoms with E-state index in [0.29, 0.717) is 18.3 Å². The van der Waals surface area contributed by atoms with E-state index in [2.05, 4.69) is 13.5 Å². The Kier molecular flexibility index (Phi) is 3.50. The van der Waals surface area contributed by atoms with Gasteiger partial charge in [-0.3, -0.25) is 9.59 Å². The maximum absolute atomic E-state index is 12.8. The van der Waals surface area contributed by atoms with Gasteiger partial charge in [0.05, 0.1) is 7.11 Å². The van der Waals surface area contributed by atoms with Crippen LogP contribution in [0.4, 0.5) is 0 Å². The molecule has 5 nitrogen and oxygen atoms in total. The van der Waals surface area contributed by atoms with Gasteiger partial charge in [0.25, 0.3) is 0 Å². The van der Waals surface area contributed by atoms with Gasteiger partial charge in [-0.2, -0.15) is 0 Å². The maximum atomic E-state index is 12.8. The van der Waals surface area contributed by atoms with Crippen molar-refractivity contribution in [2.75, 3.05) is 7.11 Å². The van der Waals surface area contributed by atoms with E-state index in [1.165, 1.54) is 14.0 Å². The number of esters is 2. The number of hydrogen-bond acceptors (Lipinski definition) is 5. The van der Waals surface area contributed by atoms with Crippen molar-refractivity contribution in [3.63, 3.8) is 0 Å². The minimum absolute atomic E-state index is 0.109.